The second kappa shape index (κ2) is 8.20. The Labute approximate surface area is 95.1 Å². The summed E-state index contributed by atoms with van der Waals surface area (Å²) in [5.41, 5.74) is 0. The van der Waals surface area contributed by atoms with Crippen molar-refractivity contribution in [3.8, 4) is 37.0 Å². The first-order valence-corrected chi connectivity index (χ1v) is 7.67. The van der Waals surface area contributed by atoms with Crippen molar-refractivity contribution in [3.05, 3.63) is 0 Å². The largest absolute Gasteiger partial charge is 0.411 e. The van der Waals surface area contributed by atoms with E-state index in [0.29, 0.717) is 0 Å². The third kappa shape index (κ3) is 5.20. The van der Waals surface area contributed by atoms with E-state index in [0.717, 1.165) is 0 Å². The first-order valence-electron chi connectivity index (χ1n) is 3.97. The summed E-state index contributed by atoms with van der Waals surface area (Å²) in [5, 5.41) is 0. The highest BCUT2D eigenvalue weighted by Gasteiger charge is 2.33. The molecule has 7 heteroatoms. The van der Waals surface area contributed by atoms with Crippen LogP contribution in [0.25, 0.3) is 0 Å². The molecule has 0 heterocycles. The van der Waals surface area contributed by atoms with Crippen LogP contribution in [0.15, 0.2) is 0 Å². The predicted octanol–water partition coefficient (Wildman–Crippen LogP) is 1.52. The fourth-order valence-corrected chi connectivity index (χ4v) is 3.40. The number of rotatable bonds is 7. The molecule has 0 bridgehead atoms. The summed E-state index contributed by atoms with van der Waals surface area (Å²) in [4.78, 5) is 0. The number of hydrogen-bond acceptors (Lipinski definition) is 5. The summed E-state index contributed by atoms with van der Waals surface area (Å²) in [6.07, 6.45) is 14.7. The van der Waals surface area contributed by atoms with Gasteiger partial charge in [-0.1, -0.05) is 17.8 Å². The van der Waals surface area contributed by atoms with Gasteiger partial charge in [0.15, 0.2) is 0 Å². The monoisotopic (exact) mass is 260 g/mol. The summed E-state index contributed by atoms with van der Waals surface area (Å²) < 4.78 is 37.3. The summed E-state index contributed by atoms with van der Waals surface area (Å²) in [5.74, 6) is 6.21. The van der Waals surface area contributed by atoms with Crippen LogP contribution in [0.3, 0.4) is 0 Å². The summed E-state index contributed by atoms with van der Waals surface area (Å²) in [7, 11) is -7.04. The van der Waals surface area contributed by atoms with Gasteiger partial charge in [-0.05, 0) is 0 Å². The number of hydrogen-bond donors (Lipinski definition) is 0. The molecule has 0 saturated carbocycles. The summed E-state index contributed by atoms with van der Waals surface area (Å²) >= 11 is 0. The second-order valence-corrected chi connectivity index (χ2v) is 7.28. The van der Waals surface area contributed by atoms with Crippen molar-refractivity contribution in [1.29, 1.82) is 0 Å². The molecule has 0 fully saturated rings. The molecule has 0 aromatic rings. The van der Waals surface area contributed by atoms with E-state index >= 15 is 0 Å². The minimum atomic E-state index is -3.93. The molecule has 1 atom stereocenters. The molecule has 5 nitrogen and oxygen atoms in total. The molecule has 0 radical (unpaired) electrons. The van der Waals surface area contributed by atoms with Crippen molar-refractivity contribution in [2.45, 2.75) is 0 Å². The van der Waals surface area contributed by atoms with Gasteiger partial charge in [0.05, 0.1) is 0 Å². The molecule has 0 spiro atoms. The van der Waals surface area contributed by atoms with Crippen LogP contribution in [0.2, 0.25) is 0 Å². The zero-order chi connectivity index (χ0) is 12.4. The Bertz CT molecular complexity index is 387. The molecule has 86 valence electrons. The molecule has 0 rings (SSSR count). The number of terminal acetylenes is 3. The van der Waals surface area contributed by atoms with E-state index < -0.39 is 15.0 Å². The maximum atomic E-state index is 11.8. The van der Waals surface area contributed by atoms with Gasteiger partial charge < -0.3 is 4.52 Å². The Kier molecular flexibility index (Phi) is 7.70. The Balaban J connectivity index is 4.60. The average Bonchev–Trinajstić information content (AvgIpc) is 2.30. The summed E-state index contributed by atoms with van der Waals surface area (Å²) in [6.45, 7) is -0.907. The molecule has 0 aliphatic heterocycles. The molecule has 0 aliphatic carbocycles. The van der Waals surface area contributed by atoms with Gasteiger partial charge in [0.25, 0.3) is 0 Å². The van der Waals surface area contributed by atoms with Gasteiger partial charge in [0.2, 0.25) is 0 Å². The van der Waals surface area contributed by atoms with Gasteiger partial charge in [-0.2, -0.15) is 0 Å². The predicted molar refractivity (Wildman–Crippen MR) is 61.0 cm³/mol. The molecule has 0 amide bonds. The van der Waals surface area contributed by atoms with E-state index in [1.165, 1.54) is 0 Å². The van der Waals surface area contributed by atoms with Crippen molar-refractivity contribution in [2.75, 3.05) is 19.8 Å². The van der Waals surface area contributed by atoms with Crippen LogP contribution in [0, 0.1) is 37.0 Å². The first kappa shape index (κ1) is 15.0. The van der Waals surface area contributed by atoms with E-state index in [1.807, 2.05) is 0 Å². The van der Waals surface area contributed by atoms with Crippen molar-refractivity contribution in [1.82, 2.24) is 0 Å². The Morgan fingerprint density at radius 3 is 1.81 bits per heavy atom. The first-order chi connectivity index (χ1) is 7.60. The Morgan fingerprint density at radius 2 is 1.44 bits per heavy atom. The summed E-state index contributed by atoms with van der Waals surface area (Å²) in [6, 6.07) is 0. The Morgan fingerprint density at radius 1 is 1.00 bits per heavy atom. The highest BCUT2D eigenvalue weighted by Crippen LogP contribution is 2.70. The highest BCUT2D eigenvalue weighted by molar-refractivity contribution is 8.21. The van der Waals surface area contributed by atoms with Gasteiger partial charge in [0, 0.05) is 0 Å². The van der Waals surface area contributed by atoms with Crippen LogP contribution < -0.4 is 0 Å². The lowest BCUT2D eigenvalue weighted by Gasteiger charge is -2.14. The van der Waals surface area contributed by atoms with Gasteiger partial charge in [-0.25, -0.2) is 4.57 Å². The quantitative estimate of drug-likeness (QED) is 0.513. The lowest BCUT2D eigenvalue weighted by atomic mass is 10.8. The van der Waals surface area contributed by atoms with E-state index in [1.54, 1.807) is 0 Å². The minimum absolute atomic E-state index is 0.263. The molecule has 0 aromatic heterocycles. The van der Waals surface area contributed by atoms with Crippen LogP contribution in [0.4, 0.5) is 0 Å². The van der Waals surface area contributed by atoms with Gasteiger partial charge in [-0.15, -0.1) is 19.3 Å². The minimum Gasteiger partial charge on any atom is -0.309 e. The van der Waals surface area contributed by atoms with Gasteiger partial charge in [0.1, 0.15) is 19.8 Å². The normalized spacial score (nSPS) is 12.1. The molecule has 0 aromatic carbocycles. The van der Waals surface area contributed by atoms with Crippen LogP contribution >= 0.6 is 15.0 Å². The van der Waals surface area contributed by atoms with Gasteiger partial charge in [-0.3, -0.25) is 13.6 Å². The standard InChI is InChI=1S/C9H10O5P2/c1-4-7-12-15(10)16(11,13-8-5-2)14-9-6-3/h1-3,15H,7-9H2. The smallest absolute Gasteiger partial charge is 0.309 e. The average molecular weight is 260 g/mol. The van der Waals surface area contributed by atoms with Crippen molar-refractivity contribution in [3.63, 3.8) is 0 Å². The zero-order valence-electron chi connectivity index (χ0n) is 8.34. The van der Waals surface area contributed by atoms with Crippen molar-refractivity contribution in [2.24, 2.45) is 0 Å². The van der Waals surface area contributed by atoms with E-state index in [9.17, 15) is 9.13 Å². The second-order valence-electron chi connectivity index (χ2n) is 2.21. The molecule has 0 N–H and O–H groups in total. The lowest BCUT2D eigenvalue weighted by molar-refractivity contribution is 0.250. The lowest BCUT2D eigenvalue weighted by Crippen LogP contribution is -1.95. The van der Waals surface area contributed by atoms with Crippen molar-refractivity contribution < 1.29 is 22.7 Å². The third-order valence-electron chi connectivity index (χ3n) is 1.14. The molecular weight excluding hydrogens is 250 g/mol. The fraction of sp³-hybridized carbons (Fsp3) is 0.333. The maximum Gasteiger partial charge on any atom is 0.411 e. The highest BCUT2D eigenvalue weighted by atomic mass is 32.1. The van der Waals surface area contributed by atoms with E-state index in [4.69, 9.17) is 19.3 Å². The van der Waals surface area contributed by atoms with Crippen LogP contribution in [-0.4, -0.2) is 19.8 Å². The van der Waals surface area contributed by atoms with E-state index in [2.05, 4.69) is 31.3 Å². The Hall–Kier alpha value is -0.980. The topological polar surface area (TPSA) is 61.8 Å². The van der Waals surface area contributed by atoms with Gasteiger partial charge >= 0.3 is 15.0 Å². The molecule has 0 aliphatic rings. The molecule has 0 saturated heterocycles. The molecule has 1 unspecified atom stereocenters. The maximum absolute atomic E-state index is 11.8. The molecule has 16 heavy (non-hydrogen) atoms. The molecular formula is C9H10O5P2. The van der Waals surface area contributed by atoms with Crippen LogP contribution in [0.5, 0.6) is 0 Å². The fourth-order valence-electron chi connectivity index (χ4n) is 0.570. The zero-order valence-corrected chi connectivity index (χ0v) is 10.2. The van der Waals surface area contributed by atoms with E-state index in [-0.39, 0.29) is 19.8 Å². The SMILES string of the molecule is C#CCO[PH](=O)P(=O)(OCC#C)OCC#C. The van der Waals surface area contributed by atoms with Crippen LogP contribution in [0.1, 0.15) is 0 Å². The third-order valence-corrected chi connectivity index (χ3v) is 5.42. The van der Waals surface area contributed by atoms with Crippen LogP contribution in [-0.2, 0) is 22.7 Å². The van der Waals surface area contributed by atoms with Crippen molar-refractivity contribution >= 4 is 15.0 Å².